The van der Waals surface area contributed by atoms with E-state index in [1.54, 1.807) is 24.3 Å². The topological polar surface area (TPSA) is 105 Å². The molecule has 0 aromatic heterocycles. The van der Waals surface area contributed by atoms with Crippen molar-refractivity contribution in [2.24, 2.45) is 0 Å². The van der Waals surface area contributed by atoms with Gasteiger partial charge >= 0.3 is 0 Å². The third-order valence-corrected chi connectivity index (χ3v) is 8.49. The van der Waals surface area contributed by atoms with E-state index < -0.39 is 28.5 Å². The molecule has 2 amide bonds. The van der Waals surface area contributed by atoms with Crippen molar-refractivity contribution >= 4 is 50.7 Å². The van der Waals surface area contributed by atoms with Crippen LogP contribution in [0, 0.1) is 0 Å². The molecular formula is C27H35Cl2N3O6S. The first-order valence-corrected chi connectivity index (χ1v) is 15.3. The summed E-state index contributed by atoms with van der Waals surface area (Å²) in [6.45, 7) is 1.24. The number of carbonyl (C=O) groups is 2. The monoisotopic (exact) mass is 599 g/mol. The Balaban J connectivity index is 1.99. The summed E-state index contributed by atoms with van der Waals surface area (Å²) in [7, 11) is -1.06. The molecule has 2 aromatic carbocycles. The Morgan fingerprint density at radius 2 is 1.77 bits per heavy atom. The first-order valence-electron chi connectivity index (χ1n) is 12.7. The summed E-state index contributed by atoms with van der Waals surface area (Å²) in [5, 5.41) is 3.84. The van der Waals surface area contributed by atoms with Crippen molar-refractivity contribution in [2.75, 3.05) is 31.3 Å². The number of anilines is 1. The lowest BCUT2D eigenvalue weighted by Gasteiger charge is -2.34. The zero-order valence-electron chi connectivity index (χ0n) is 22.6. The van der Waals surface area contributed by atoms with E-state index >= 15 is 0 Å². The number of nitrogens with zero attached hydrogens (tertiary/aromatic N) is 2. The summed E-state index contributed by atoms with van der Waals surface area (Å²) in [5.41, 5.74) is 0.747. The molecule has 1 saturated carbocycles. The average molecular weight is 601 g/mol. The molecule has 39 heavy (non-hydrogen) atoms. The van der Waals surface area contributed by atoms with Gasteiger partial charge in [0.1, 0.15) is 24.1 Å². The highest BCUT2D eigenvalue weighted by molar-refractivity contribution is 7.92. The standard InChI is InChI=1S/C27H35Cl2N3O6S/c1-5-23(27(34)30-20-8-6-7-9-20)31(16-18-10-11-19(28)14-22(18)29)26(33)17-32(39(4,35)36)24-13-12-21(37-2)15-25(24)38-3/h10-15,20,23H,5-9,16-17H2,1-4H3,(H,30,34)/t23-/m1/s1. The van der Waals surface area contributed by atoms with Crippen LogP contribution in [0.2, 0.25) is 10.0 Å². The van der Waals surface area contributed by atoms with Crippen molar-refractivity contribution in [2.45, 2.75) is 57.7 Å². The Morgan fingerprint density at radius 1 is 1.08 bits per heavy atom. The van der Waals surface area contributed by atoms with Gasteiger partial charge in [-0.15, -0.1) is 0 Å². The Kier molecular flexibility index (Phi) is 10.7. The summed E-state index contributed by atoms with van der Waals surface area (Å²) in [6, 6.07) is 8.73. The van der Waals surface area contributed by atoms with Crippen LogP contribution in [0.25, 0.3) is 0 Å². The number of benzene rings is 2. The second-order valence-electron chi connectivity index (χ2n) is 9.48. The van der Waals surface area contributed by atoms with E-state index in [4.69, 9.17) is 32.7 Å². The molecule has 0 spiro atoms. The smallest absolute Gasteiger partial charge is 0.244 e. The fourth-order valence-electron chi connectivity index (χ4n) is 4.71. The molecule has 2 aromatic rings. The number of nitrogens with one attached hydrogen (secondary N) is 1. The molecule has 12 heteroatoms. The van der Waals surface area contributed by atoms with Crippen LogP contribution in [0.5, 0.6) is 11.5 Å². The normalized spacial score (nSPS) is 14.5. The van der Waals surface area contributed by atoms with E-state index in [0.717, 1.165) is 36.2 Å². The molecule has 3 rings (SSSR count). The molecule has 1 aliphatic rings. The van der Waals surface area contributed by atoms with Gasteiger partial charge in [0, 0.05) is 28.7 Å². The average Bonchev–Trinajstić information content (AvgIpc) is 3.40. The molecule has 0 radical (unpaired) electrons. The first kappa shape index (κ1) is 30.8. The Labute approximate surface area is 240 Å². The SMILES string of the molecule is CC[C@H](C(=O)NC1CCCC1)N(Cc1ccc(Cl)cc1Cl)C(=O)CN(c1ccc(OC)cc1OC)S(C)(=O)=O. The fourth-order valence-corrected chi connectivity index (χ4v) is 6.03. The van der Waals surface area contributed by atoms with E-state index in [2.05, 4.69) is 5.32 Å². The van der Waals surface area contributed by atoms with E-state index in [0.29, 0.717) is 27.8 Å². The Bertz CT molecular complexity index is 1280. The van der Waals surface area contributed by atoms with Gasteiger partial charge in [-0.05, 0) is 49.1 Å². The predicted octanol–water partition coefficient (Wildman–Crippen LogP) is 4.64. The van der Waals surface area contributed by atoms with Crippen molar-refractivity contribution < 1.29 is 27.5 Å². The van der Waals surface area contributed by atoms with Crippen LogP contribution in [0.3, 0.4) is 0 Å². The highest BCUT2D eigenvalue weighted by atomic mass is 35.5. The van der Waals surface area contributed by atoms with Crippen molar-refractivity contribution in [3.05, 3.63) is 52.0 Å². The molecule has 0 aliphatic heterocycles. The first-order chi connectivity index (χ1) is 18.5. The number of rotatable bonds is 12. The lowest BCUT2D eigenvalue weighted by molar-refractivity contribution is -0.140. The highest BCUT2D eigenvalue weighted by Crippen LogP contribution is 2.34. The highest BCUT2D eigenvalue weighted by Gasteiger charge is 2.34. The largest absolute Gasteiger partial charge is 0.497 e. The predicted molar refractivity (Wildman–Crippen MR) is 153 cm³/mol. The molecule has 0 heterocycles. The summed E-state index contributed by atoms with van der Waals surface area (Å²) < 4.78 is 37.4. The van der Waals surface area contributed by atoms with Gasteiger partial charge in [0.15, 0.2) is 0 Å². The fraction of sp³-hybridized carbons (Fsp3) is 0.481. The maximum atomic E-state index is 13.9. The summed E-state index contributed by atoms with van der Waals surface area (Å²) >= 11 is 12.5. The van der Waals surface area contributed by atoms with Crippen molar-refractivity contribution in [3.8, 4) is 11.5 Å². The third-order valence-electron chi connectivity index (χ3n) is 6.78. The molecule has 214 valence electrons. The number of hydrogen-bond donors (Lipinski definition) is 1. The number of carbonyl (C=O) groups excluding carboxylic acids is 2. The lowest BCUT2D eigenvalue weighted by atomic mass is 10.1. The minimum atomic E-state index is -3.94. The number of sulfonamides is 1. The number of methoxy groups -OCH3 is 2. The van der Waals surface area contributed by atoms with Crippen LogP contribution in [0.1, 0.15) is 44.6 Å². The molecule has 1 N–H and O–H groups in total. The minimum absolute atomic E-state index is 0.0111. The van der Waals surface area contributed by atoms with Crippen molar-refractivity contribution in [3.63, 3.8) is 0 Å². The quantitative estimate of drug-likeness (QED) is 0.381. The van der Waals surface area contributed by atoms with Gasteiger partial charge < -0.3 is 19.7 Å². The van der Waals surface area contributed by atoms with Gasteiger partial charge in [-0.2, -0.15) is 0 Å². The maximum absolute atomic E-state index is 13.9. The molecule has 0 unspecified atom stereocenters. The van der Waals surface area contributed by atoms with Gasteiger partial charge in [0.2, 0.25) is 21.8 Å². The van der Waals surface area contributed by atoms with Crippen LogP contribution in [-0.4, -0.2) is 64.2 Å². The van der Waals surface area contributed by atoms with E-state index in [-0.39, 0.29) is 29.9 Å². The molecule has 9 nitrogen and oxygen atoms in total. The van der Waals surface area contributed by atoms with Gasteiger partial charge in [0.25, 0.3) is 0 Å². The number of halogens is 2. The summed E-state index contributed by atoms with van der Waals surface area (Å²) in [5.74, 6) is -0.177. The number of ether oxygens (including phenoxy) is 2. The lowest BCUT2D eigenvalue weighted by Crippen LogP contribution is -2.53. The van der Waals surface area contributed by atoms with Crippen LogP contribution < -0.4 is 19.1 Å². The van der Waals surface area contributed by atoms with Gasteiger partial charge in [-0.25, -0.2) is 8.42 Å². The van der Waals surface area contributed by atoms with Gasteiger partial charge in [-0.1, -0.05) is 49.0 Å². The number of hydrogen-bond acceptors (Lipinski definition) is 6. The Morgan fingerprint density at radius 3 is 2.33 bits per heavy atom. The molecular weight excluding hydrogens is 565 g/mol. The zero-order chi connectivity index (χ0) is 28.7. The second-order valence-corrected chi connectivity index (χ2v) is 12.2. The van der Waals surface area contributed by atoms with Crippen molar-refractivity contribution in [1.82, 2.24) is 10.2 Å². The van der Waals surface area contributed by atoms with Crippen LogP contribution >= 0.6 is 23.2 Å². The number of amides is 2. The van der Waals surface area contributed by atoms with Crippen LogP contribution in [0.15, 0.2) is 36.4 Å². The second kappa shape index (κ2) is 13.6. The minimum Gasteiger partial charge on any atom is -0.497 e. The van der Waals surface area contributed by atoms with E-state index in [9.17, 15) is 18.0 Å². The van der Waals surface area contributed by atoms with Crippen LogP contribution in [-0.2, 0) is 26.2 Å². The van der Waals surface area contributed by atoms with E-state index in [1.807, 2.05) is 6.92 Å². The summed E-state index contributed by atoms with van der Waals surface area (Å²) in [4.78, 5) is 28.7. The molecule has 1 atom stereocenters. The molecule has 1 aliphatic carbocycles. The van der Waals surface area contributed by atoms with Gasteiger partial charge in [0.05, 0.1) is 26.2 Å². The molecule has 0 bridgehead atoms. The Hall–Kier alpha value is -2.69. The molecule has 1 fully saturated rings. The summed E-state index contributed by atoms with van der Waals surface area (Å²) in [6.07, 6.45) is 5.18. The molecule has 0 saturated heterocycles. The third kappa shape index (κ3) is 7.93. The van der Waals surface area contributed by atoms with Crippen molar-refractivity contribution in [1.29, 1.82) is 0 Å². The zero-order valence-corrected chi connectivity index (χ0v) is 24.9. The van der Waals surface area contributed by atoms with Gasteiger partial charge in [-0.3, -0.25) is 13.9 Å². The van der Waals surface area contributed by atoms with Crippen LogP contribution in [0.4, 0.5) is 5.69 Å². The maximum Gasteiger partial charge on any atom is 0.244 e. The van der Waals surface area contributed by atoms with E-state index in [1.165, 1.54) is 31.3 Å².